The molecule has 28 heavy (non-hydrogen) atoms. The SMILES string of the molecule is CCOc1ccc([C@H]2CC[C@H](OCCC[SiH](OC(C)C)OC(C)C)CC2)cc1. The molecule has 0 atom stereocenters. The van der Waals surface area contributed by atoms with E-state index in [9.17, 15) is 0 Å². The average Bonchev–Trinajstić information content (AvgIpc) is 2.66. The van der Waals surface area contributed by atoms with E-state index in [1.807, 2.05) is 6.92 Å². The van der Waals surface area contributed by atoms with E-state index in [0.29, 0.717) is 12.0 Å². The summed E-state index contributed by atoms with van der Waals surface area (Å²) >= 11 is 0. The monoisotopic (exact) mass is 408 g/mol. The second-order valence-electron chi connectivity index (χ2n) is 8.29. The molecule has 0 spiro atoms. The highest BCUT2D eigenvalue weighted by molar-refractivity contribution is 6.44. The molecule has 0 bridgehead atoms. The first-order valence-electron chi connectivity index (χ1n) is 11.1. The van der Waals surface area contributed by atoms with Crippen molar-refractivity contribution in [2.24, 2.45) is 0 Å². The number of ether oxygens (including phenoxy) is 2. The summed E-state index contributed by atoms with van der Waals surface area (Å²) in [6, 6.07) is 9.67. The Hall–Kier alpha value is -0.883. The summed E-state index contributed by atoms with van der Waals surface area (Å²) < 4.78 is 23.7. The molecule has 0 amide bonds. The maximum atomic E-state index is 6.17. The fourth-order valence-electron chi connectivity index (χ4n) is 3.84. The number of benzene rings is 1. The van der Waals surface area contributed by atoms with Gasteiger partial charge >= 0.3 is 9.28 Å². The molecule has 1 aliphatic carbocycles. The van der Waals surface area contributed by atoms with E-state index >= 15 is 0 Å². The molecular formula is C23H40O4Si. The summed E-state index contributed by atoms with van der Waals surface area (Å²) in [6.07, 6.45) is 6.67. The van der Waals surface area contributed by atoms with Gasteiger partial charge in [-0.05, 0) is 96.4 Å². The molecule has 0 aromatic heterocycles. The molecule has 1 aromatic carbocycles. The Balaban J connectivity index is 1.65. The Labute approximate surface area is 173 Å². The summed E-state index contributed by atoms with van der Waals surface area (Å²) in [4.78, 5) is 0. The summed E-state index contributed by atoms with van der Waals surface area (Å²) in [7, 11) is -1.57. The molecule has 0 aliphatic heterocycles. The molecule has 1 aromatic rings. The van der Waals surface area contributed by atoms with Crippen LogP contribution in [0.2, 0.25) is 6.04 Å². The van der Waals surface area contributed by atoms with Gasteiger partial charge in [-0.15, -0.1) is 0 Å². The maximum Gasteiger partial charge on any atom is 0.321 e. The minimum atomic E-state index is -1.57. The van der Waals surface area contributed by atoms with Crippen LogP contribution in [0.25, 0.3) is 0 Å². The third-order valence-corrected chi connectivity index (χ3v) is 7.70. The zero-order chi connectivity index (χ0) is 20.4. The van der Waals surface area contributed by atoms with E-state index in [2.05, 4.69) is 52.0 Å². The van der Waals surface area contributed by atoms with Crippen molar-refractivity contribution < 1.29 is 18.3 Å². The highest BCUT2D eigenvalue weighted by Gasteiger charge is 2.23. The topological polar surface area (TPSA) is 36.9 Å². The van der Waals surface area contributed by atoms with E-state index in [4.69, 9.17) is 18.3 Å². The van der Waals surface area contributed by atoms with Crippen LogP contribution in [-0.2, 0) is 13.6 Å². The summed E-state index contributed by atoms with van der Waals surface area (Å²) in [5.74, 6) is 1.62. The Morgan fingerprint density at radius 2 is 1.54 bits per heavy atom. The molecule has 2 rings (SSSR count). The van der Waals surface area contributed by atoms with Gasteiger partial charge < -0.3 is 18.3 Å². The first-order valence-corrected chi connectivity index (χ1v) is 12.9. The third-order valence-electron chi connectivity index (χ3n) is 5.12. The van der Waals surface area contributed by atoms with E-state index < -0.39 is 9.28 Å². The van der Waals surface area contributed by atoms with Crippen LogP contribution >= 0.6 is 0 Å². The van der Waals surface area contributed by atoms with Crippen molar-refractivity contribution in [2.45, 2.75) is 97.0 Å². The molecule has 1 fully saturated rings. The second kappa shape index (κ2) is 12.6. The van der Waals surface area contributed by atoms with Crippen LogP contribution in [-0.4, -0.2) is 40.8 Å². The van der Waals surface area contributed by atoms with Crippen molar-refractivity contribution in [3.63, 3.8) is 0 Å². The zero-order valence-corrected chi connectivity index (χ0v) is 19.6. The molecule has 1 saturated carbocycles. The Morgan fingerprint density at radius 1 is 0.929 bits per heavy atom. The molecule has 4 nitrogen and oxygen atoms in total. The van der Waals surface area contributed by atoms with Crippen LogP contribution in [0.1, 0.15) is 78.2 Å². The van der Waals surface area contributed by atoms with Gasteiger partial charge in [0, 0.05) is 18.8 Å². The van der Waals surface area contributed by atoms with E-state index in [0.717, 1.165) is 44.3 Å². The number of hydrogen-bond donors (Lipinski definition) is 0. The smallest absolute Gasteiger partial charge is 0.321 e. The average molecular weight is 409 g/mol. The lowest BCUT2D eigenvalue weighted by atomic mass is 9.83. The van der Waals surface area contributed by atoms with E-state index in [1.165, 1.54) is 18.4 Å². The first-order chi connectivity index (χ1) is 13.5. The minimum Gasteiger partial charge on any atom is -0.494 e. The lowest BCUT2D eigenvalue weighted by Gasteiger charge is -2.29. The van der Waals surface area contributed by atoms with Gasteiger partial charge in [-0.25, -0.2) is 0 Å². The fourth-order valence-corrected chi connectivity index (χ4v) is 5.89. The Morgan fingerprint density at radius 3 is 2.07 bits per heavy atom. The molecule has 1 aliphatic rings. The molecule has 0 heterocycles. The van der Waals surface area contributed by atoms with Gasteiger partial charge in [-0.1, -0.05) is 12.1 Å². The highest BCUT2D eigenvalue weighted by atomic mass is 28.3. The van der Waals surface area contributed by atoms with Crippen LogP contribution in [0.4, 0.5) is 0 Å². The van der Waals surface area contributed by atoms with Crippen molar-refractivity contribution >= 4 is 9.28 Å². The molecule has 5 heteroatoms. The molecule has 0 N–H and O–H groups in total. The van der Waals surface area contributed by atoms with Crippen LogP contribution < -0.4 is 4.74 Å². The van der Waals surface area contributed by atoms with Gasteiger partial charge in [0.1, 0.15) is 5.75 Å². The van der Waals surface area contributed by atoms with E-state index in [-0.39, 0.29) is 12.2 Å². The first kappa shape index (κ1) is 23.4. The standard InChI is InChI=1S/C23H40O4Si/c1-6-24-22-12-8-20(9-13-22)21-10-14-23(15-11-21)25-16-7-17-28(26-18(2)3)27-19(4)5/h8-9,12-13,18-19,21,23,28H,6-7,10-11,14-17H2,1-5H3/t21-,23-. The van der Waals surface area contributed by atoms with Crippen LogP contribution in [0.5, 0.6) is 5.75 Å². The van der Waals surface area contributed by atoms with Crippen LogP contribution in [0.15, 0.2) is 24.3 Å². The predicted molar refractivity (Wildman–Crippen MR) is 118 cm³/mol. The van der Waals surface area contributed by atoms with Crippen molar-refractivity contribution in [3.05, 3.63) is 29.8 Å². The van der Waals surface area contributed by atoms with Crippen molar-refractivity contribution in [2.75, 3.05) is 13.2 Å². The summed E-state index contributed by atoms with van der Waals surface area (Å²) in [6.45, 7) is 11.9. The van der Waals surface area contributed by atoms with Crippen LogP contribution in [0, 0.1) is 0 Å². The van der Waals surface area contributed by atoms with Crippen molar-refractivity contribution in [1.29, 1.82) is 0 Å². The summed E-state index contributed by atoms with van der Waals surface area (Å²) in [5, 5.41) is 0. The minimum absolute atomic E-state index is 0.245. The lowest BCUT2D eigenvalue weighted by Crippen LogP contribution is -2.30. The van der Waals surface area contributed by atoms with Crippen molar-refractivity contribution in [1.82, 2.24) is 0 Å². The highest BCUT2D eigenvalue weighted by Crippen LogP contribution is 2.34. The molecule has 160 valence electrons. The van der Waals surface area contributed by atoms with Gasteiger partial charge in [-0.2, -0.15) is 0 Å². The number of hydrogen-bond acceptors (Lipinski definition) is 4. The van der Waals surface area contributed by atoms with Gasteiger partial charge in [0.15, 0.2) is 0 Å². The maximum absolute atomic E-state index is 6.17. The van der Waals surface area contributed by atoms with Crippen molar-refractivity contribution in [3.8, 4) is 5.75 Å². The van der Waals surface area contributed by atoms with Crippen LogP contribution in [0.3, 0.4) is 0 Å². The molecule has 0 saturated heterocycles. The second-order valence-corrected chi connectivity index (χ2v) is 10.3. The normalized spacial score (nSPS) is 20.3. The predicted octanol–water partition coefficient (Wildman–Crippen LogP) is 5.59. The Bertz CT molecular complexity index is 514. The third kappa shape index (κ3) is 8.64. The summed E-state index contributed by atoms with van der Waals surface area (Å²) in [5.41, 5.74) is 1.44. The number of rotatable bonds is 12. The zero-order valence-electron chi connectivity index (χ0n) is 18.5. The van der Waals surface area contributed by atoms with Gasteiger partial charge in [0.25, 0.3) is 0 Å². The largest absolute Gasteiger partial charge is 0.494 e. The van der Waals surface area contributed by atoms with E-state index in [1.54, 1.807) is 0 Å². The molecule has 0 radical (unpaired) electrons. The quantitative estimate of drug-likeness (QED) is 0.334. The van der Waals surface area contributed by atoms with Gasteiger partial charge in [-0.3, -0.25) is 0 Å². The lowest BCUT2D eigenvalue weighted by molar-refractivity contribution is 0.0237. The molecular weight excluding hydrogens is 368 g/mol. The van der Waals surface area contributed by atoms with Gasteiger partial charge in [0.2, 0.25) is 0 Å². The fraction of sp³-hybridized carbons (Fsp3) is 0.739. The molecule has 0 unspecified atom stereocenters. The van der Waals surface area contributed by atoms with Gasteiger partial charge in [0.05, 0.1) is 12.7 Å². The Kier molecular flexibility index (Phi) is 10.6.